The summed E-state index contributed by atoms with van der Waals surface area (Å²) in [7, 11) is 0. The fraction of sp³-hybridized carbons (Fsp3) is 0.833. The van der Waals surface area contributed by atoms with Crippen molar-refractivity contribution in [3.8, 4) is 0 Å². The van der Waals surface area contributed by atoms with E-state index in [0.29, 0.717) is 11.8 Å². The Kier molecular flexibility index (Phi) is 4.68. The molecule has 0 radical (unpaired) electrons. The number of hydrogen-bond donors (Lipinski definition) is 0. The molecule has 0 unspecified atom stereocenters. The topological polar surface area (TPSA) is 23.6 Å². The van der Waals surface area contributed by atoms with E-state index < -0.39 is 0 Å². The van der Waals surface area contributed by atoms with Gasteiger partial charge in [-0.1, -0.05) is 18.6 Å². The molecule has 2 saturated heterocycles. The molecule has 2 fully saturated rings. The number of nitrogens with zero attached hydrogens (tertiary/aromatic N) is 2. The molecule has 3 nitrogen and oxygen atoms in total. The second-order valence-electron chi connectivity index (χ2n) is 7.39. The first-order chi connectivity index (χ1) is 10.2. The first-order valence-electron chi connectivity index (χ1n) is 8.81. The molecule has 2 heterocycles. The second kappa shape index (κ2) is 6.51. The molecule has 0 aromatic carbocycles. The Balaban J connectivity index is 1.47. The molecule has 0 bridgehead atoms. The van der Waals surface area contributed by atoms with Gasteiger partial charge in [-0.15, -0.1) is 0 Å². The summed E-state index contributed by atoms with van der Waals surface area (Å²) in [5, 5.41) is 0. The summed E-state index contributed by atoms with van der Waals surface area (Å²) < 4.78 is 0. The van der Waals surface area contributed by atoms with Gasteiger partial charge >= 0.3 is 0 Å². The van der Waals surface area contributed by atoms with Crippen LogP contribution in [0.2, 0.25) is 0 Å². The molecule has 3 aliphatic rings. The quantitative estimate of drug-likeness (QED) is 0.746. The standard InChI is InChI=1S/C18H30N2O/c1-3-19-8-6-15(7-9-19)11-18(21)20-12-16-5-4-14(2)10-17(16)13-20/h4,15-17H,3,5-13H2,1-2H3/t16-,17+/m1/s1. The Morgan fingerprint density at radius 1 is 1.24 bits per heavy atom. The highest BCUT2D eigenvalue weighted by Crippen LogP contribution is 2.36. The van der Waals surface area contributed by atoms with Crippen molar-refractivity contribution in [3.05, 3.63) is 11.6 Å². The van der Waals surface area contributed by atoms with Crippen LogP contribution in [0.4, 0.5) is 0 Å². The monoisotopic (exact) mass is 290 g/mol. The number of hydrogen-bond acceptors (Lipinski definition) is 2. The van der Waals surface area contributed by atoms with Gasteiger partial charge in [0.25, 0.3) is 0 Å². The van der Waals surface area contributed by atoms with Crippen LogP contribution in [0.1, 0.15) is 46.0 Å². The number of amides is 1. The molecule has 1 amide bonds. The number of carbonyl (C=O) groups excluding carboxylic acids is 1. The Morgan fingerprint density at radius 3 is 2.67 bits per heavy atom. The smallest absolute Gasteiger partial charge is 0.222 e. The van der Waals surface area contributed by atoms with Crippen LogP contribution >= 0.6 is 0 Å². The lowest BCUT2D eigenvalue weighted by Gasteiger charge is -2.31. The van der Waals surface area contributed by atoms with Gasteiger partial charge in [0.2, 0.25) is 5.91 Å². The van der Waals surface area contributed by atoms with Crippen molar-refractivity contribution in [1.29, 1.82) is 0 Å². The van der Waals surface area contributed by atoms with E-state index in [2.05, 4.69) is 29.7 Å². The van der Waals surface area contributed by atoms with Crippen molar-refractivity contribution in [3.63, 3.8) is 0 Å². The summed E-state index contributed by atoms with van der Waals surface area (Å²) in [5.74, 6) is 2.53. The highest BCUT2D eigenvalue weighted by atomic mass is 16.2. The summed E-state index contributed by atoms with van der Waals surface area (Å²) in [6, 6.07) is 0. The van der Waals surface area contributed by atoms with E-state index in [1.54, 1.807) is 0 Å². The highest BCUT2D eigenvalue weighted by Gasteiger charge is 2.36. The molecule has 2 aliphatic heterocycles. The van der Waals surface area contributed by atoms with Gasteiger partial charge in [0.05, 0.1) is 0 Å². The van der Waals surface area contributed by atoms with Crippen molar-refractivity contribution >= 4 is 5.91 Å². The van der Waals surface area contributed by atoms with E-state index in [1.807, 2.05) is 0 Å². The van der Waals surface area contributed by atoms with E-state index in [-0.39, 0.29) is 0 Å². The molecule has 0 aromatic rings. The summed E-state index contributed by atoms with van der Waals surface area (Å²) in [6.07, 6.45) is 8.00. The Bertz CT molecular complexity index is 409. The average molecular weight is 290 g/mol. The first kappa shape index (κ1) is 15.1. The molecular weight excluding hydrogens is 260 g/mol. The summed E-state index contributed by atoms with van der Waals surface area (Å²) in [5.41, 5.74) is 1.53. The molecule has 0 N–H and O–H groups in total. The van der Waals surface area contributed by atoms with Crippen LogP contribution in [0.15, 0.2) is 11.6 Å². The van der Waals surface area contributed by atoms with Crippen LogP contribution < -0.4 is 0 Å². The van der Waals surface area contributed by atoms with Crippen LogP contribution in [0.25, 0.3) is 0 Å². The Morgan fingerprint density at radius 2 is 1.95 bits per heavy atom. The lowest BCUT2D eigenvalue weighted by atomic mass is 9.83. The molecule has 0 aromatic heterocycles. The molecule has 1 aliphatic carbocycles. The predicted octanol–water partition coefficient (Wildman–Crippen LogP) is 2.92. The Labute approximate surface area is 129 Å². The maximum Gasteiger partial charge on any atom is 0.222 e. The molecule has 0 saturated carbocycles. The summed E-state index contributed by atoms with van der Waals surface area (Å²) in [4.78, 5) is 17.3. The van der Waals surface area contributed by atoms with Crippen LogP contribution in [0.5, 0.6) is 0 Å². The van der Waals surface area contributed by atoms with E-state index in [4.69, 9.17) is 0 Å². The van der Waals surface area contributed by atoms with Gasteiger partial charge < -0.3 is 9.80 Å². The SMILES string of the molecule is CCN1CCC(CC(=O)N2C[C@H]3CC=C(C)C[C@H]3C2)CC1. The second-order valence-corrected chi connectivity index (χ2v) is 7.39. The number of fused-ring (bicyclic) bond motifs is 1. The summed E-state index contributed by atoms with van der Waals surface area (Å²) in [6.45, 7) is 10.0. The number of allylic oxidation sites excluding steroid dienone is 2. The molecule has 3 rings (SSSR count). The van der Waals surface area contributed by atoms with Crippen LogP contribution in [-0.2, 0) is 4.79 Å². The zero-order valence-electron chi connectivity index (χ0n) is 13.7. The minimum Gasteiger partial charge on any atom is -0.342 e. The van der Waals surface area contributed by atoms with Gasteiger partial charge in [-0.2, -0.15) is 0 Å². The Hall–Kier alpha value is -0.830. The average Bonchev–Trinajstić information content (AvgIpc) is 2.91. The maximum absolute atomic E-state index is 12.6. The zero-order valence-corrected chi connectivity index (χ0v) is 13.7. The normalized spacial score (nSPS) is 31.1. The third-order valence-electron chi connectivity index (χ3n) is 5.90. The molecular formula is C18H30N2O. The van der Waals surface area contributed by atoms with E-state index in [9.17, 15) is 4.79 Å². The van der Waals surface area contributed by atoms with Crippen molar-refractivity contribution in [1.82, 2.24) is 9.80 Å². The van der Waals surface area contributed by atoms with Crippen LogP contribution in [0.3, 0.4) is 0 Å². The summed E-state index contributed by atoms with van der Waals surface area (Å²) >= 11 is 0. The van der Waals surface area contributed by atoms with E-state index in [1.165, 1.54) is 44.3 Å². The number of likely N-dealkylation sites (tertiary alicyclic amines) is 2. The largest absolute Gasteiger partial charge is 0.342 e. The van der Waals surface area contributed by atoms with Crippen LogP contribution in [-0.4, -0.2) is 48.4 Å². The number of rotatable bonds is 3. The van der Waals surface area contributed by atoms with Gasteiger partial charge in [0.15, 0.2) is 0 Å². The van der Waals surface area contributed by atoms with Crippen molar-refractivity contribution in [2.45, 2.75) is 46.0 Å². The van der Waals surface area contributed by atoms with E-state index in [0.717, 1.165) is 37.9 Å². The number of piperidine rings is 1. The third kappa shape index (κ3) is 3.50. The maximum atomic E-state index is 12.6. The first-order valence-corrected chi connectivity index (χ1v) is 8.81. The predicted molar refractivity (Wildman–Crippen MR) is 86.0 cm³/mol. The molecule has 21 heavy (non-hydrogen) atoms. The van der Waals surface area contributed by atoms with Gasteiger partial charge in [-0.3, -0.25) is 4.79 Å². The lowest BCUT2D eigenvalue weighted by Crippen LogP contribution is -2.36. The van der Waals surface area contributed by atoms with Crippen molar-refractivity contribution in [2.75, 3.05) is 32.7 Å². The highest BCUT2D eigenvalue weighted by molar-refractivity contribution is 5.76. The molecule has 3 heteroatoms. The van der Waals surface area contributed by atoms with Crippen LogP contribution in [0, 0.1) is 17.8 Å². The van der Waals surface area contributed by atoms with Gasteiger partial charge in [-0.05, 0) is 70.0 Å². The minimum atomic E-state index is 0.428. The van der Waals surface area contributed by atoms with E-state index >= 15 is 0 Å². The van der Waals surface area contributed by atoms with Crippen molar-refractivity contribution < 1.29 is 4.79 Å². The molecule has 0 spiro atoms. The fourth-order valence-corrected chi connectivity index (χ4v) is 4.37. The third-order valence-corrected chi connectivity index (χ3v) is 5.90. The number of carbonyl (C=O) groups is 1. The van der Waals surface area contributed by atoms with Gasteiger partial charge in [0, 0.05) is 19.5 Å². The lowest BCUT2D eigenvalue weighted by molar-refractivity contribution is -0.131. The molecule has 118 valence electrons. The van der Waals surface area contributed by atoms with Gasteiger partial charge in [-0.25, -0.2) is 0 Å². The van der Waals surface area contributed by atoms with Crippen molar-refractivity contribution in [2.24, 2.45) is 17.8 Å². The fourth-order valence-electron chi connectivity index (χ4n) is 4.37. The zero-order chi connectivity index (χ0) is 14.8. The van der Waals surface area contributed by atoms with Gasteiger partial charge in [0.1, 0.15) is 0 Å². The molecule has 2 atom stereocenters. The minimum absolute atomic E-state index is 0.428.